The molecule has 0 amide bonds. The van der Waals surface area contributed by atoms with E-state index in [9.17, 15) is 8.42 Å². The highest BCUT2D eigenvalue weighted by Crippen LogP contribution is 2.25. The van der Waals surface area contributed by atoms with Crippen molar-refractivity contribution in [1.29, 1.82) is 0 Å². The molecule has 1 heterocycles. The van der Waals surface area contributed by atoms with Crippen molar-refractivity contribution in [3.8, 4) is 0 Å². The van der Waals surface area contributed by atoms with Gasteiger partial charge in [-0.2, -0.15) is 8.42 Å². The van der Waals surface area contributed by atoms with Crippen molar-refractivity contribution >= 4 is 10.1 Å². The lowest BCUT2D eigenvalue weighted by Gasteiger charge is -2.13. The van der Waals surface area contributed by atoms with E-state index in [-0.39, 0.29) is 5.69 Å². The van der Waals surface area contributed by atoms with E-state index in [1.54, 1.807) is 20.8 Å². The minimum atomic E-state index is -4.36. The van der Waals surface area contributed by atoms with Crippen LogP contribution in [0.4, 0.5) is 0 Å². The van der Waals surface area contributed by atoms with Gasteiger partial charge in [0, 0.05) is 10.7 Å². The summed E-state index contributed by atoms with van der Waals surface area (Å²) in [5, 5.41) is 6.01. The average molecular weight is 206 g/mol. The van der Waals surface area contributed by atoms with Gasteiger partial charge in [-0.05, 0) is 0 Å². The van der Waals surface area contributed by atoms with Gasteiger partial charge in [0.2, 0.25) is 0 Å². The molecule has 0 aromatic carbocycles. The molecule has 0 saturated carbocycles. The lowest BCUT2D eigenvalue weighted by Crippen LogP contribution is -2.16. The zero-order valence-corrected chi connectivity index (χ0v) is 8.29. The molecule has 0 atom stereocenters. The molecule has 0 radical (unpaired) electrons. The van der Waals surface area contributed by atoms with Crippen molar-refractivity contribution in [1.82, 2.24) is 10.4 Å². The van der Waals surface area contributed by atoms with E-state index < -0.39 is 20.6 Å². The van der Waals surface area contributed by atoms with Crippen LogP contribution < -0.4 is 0 Å². The van der Waals surface area contributed by atoms with Crippen molar-refractivity contribution < 1.29 is 17.5 Å². The number of rotatable bonds is 1. The quantitative estimate of drug-likeness (QED) is 0.677. The van der Waals surface area contributed by atoms with Crippen LogP contribution in [-0.4, -0.2) is 23.3 Å². The molecule has 0 bridgehead atoms. The average Bonchev–Trinajstić information content (AvgIpc) is 2.27. The van der Waals surface area contributed by atoms with Crippen molar-refractivity contribution in [3.05, 3.63) is 5.69 Å². The highest BCUT2D eigenvalue weighted by molar-refractivity contribution is 7.85. The summed E-state index contributed by atoms with van der Waals surface area (Å²) in [6.45, 7) is 5.21. The van der Waals surface area contributed by atoms with E-state index in [1.807, 2.05) is 0 Å². The largest absolute Gasteiger partial charge is 0.333 e. The molecule has 0 unspecified atom stereocenters. The summed E-state index contributed by atoms with van der Waals surface area (Å²) in [5.41, 5.74) is -0.416. The zero-order chi connectivity index (χ0) is 10.3. The van der Waals surface area contributed by atoms with E-state index in [0.717, 1.165) is 0 Å². The molecule has 0 aliphatic rings. The number of nitrogens with zero attached hydrogens (tertiary/aromatic N) is 2. The molecule has 1 aromatic heterocycles. The Balaban J connectivity index is 3.35. The SMILES string of the molecule is CC(C)(C)c1nnoc1S(=O)(=O)O. The fraction of sp³-hybridized carbons (Fsp3) is 0.667. The van der Waals surface area contributed by atoms with Crippen LogP contribution in [0.1, 0.15) is 26.5 Å². The fourth-order valence-corrected chi connectivity index (χ4v) is 1.53. The van der Waals surface area contributed by atoms with Gasteiger partial charge in [0.25, 0.3) is 0 Å². The molecule has 74 valence electrons. The molecule has 1 rings (SSSR count). The van der Waals surface area contributed by atoms with Crippen LogP contribution in [0.3, 0.4) is 0 Å². The Kier molecular flexibility index (Phi) is 2.16. The van der Waals surface area contributed by atoms with Crippen LogP contribution in [0, 0.1) is 0 Å². The Hall–Kier alpha value is -0.950. The van der Waals surface area contributed by atoms with Gasteiger partial charge >= 0.3 is 15.2 Å². The van der Waals surface area contributed by atoms with E-state index in [1.165, 1.54) is 0 Å². The Morgan fingerprint density at radius 1 is 1.38 bits per heavy atom. The van der Waals surface area contributed by atoms with E-state index in [2.05, 4.69) is 14.9 Å². The fourth-order valence-electron chi connectivity index (χ4n) is 0.808. The second-order valence-electron chi connectivity index (χ2n) is 3.63. The Morgan fingerprint density at radius 2 is 1.92 bits per heavy atom. The summed E-state index contributed by atoms with van der Waals surface area (Å²) in [7, 11) is -4.36. The third-order valence-corrected chi connectivity index (χ3v) is 2.14. The maximum atomic E-state index is 10.7. The van der Waals surface area contributed by atoms with Crippen LogP contribution in [0.2, 0.25) is 0 Å². The summed E-state index contributed by atoms with van der Waals surface area (Å²) in [4.78, 5) is 0. The first kappa shape index (κ1) is 10.1. The van der Waals surface area contributed by atoms with Gasteiger partial charge in [-0.15, -0.1) is 5.10 Å². The van der Waals surface area contributed by atoms with Gasteiger partial charge < -0.3 is 4.52 Å². The summed E-state index contributed by atoms with van der Waals surface area (Å²) in [5.74, 6) is 0. The van der Waals surface area contributed by atoms with E-state index >= 15 is 0 Å². The molecule has 1 N–H and O–H groups in total. The molecule has 0 spiro atoms. The molecule has 0 fully saturated rings. The van der Waals surface area contributed by atoms with E-state index in [4.69, 9.17) is 4.55 Å². The highest BCUT2D eigenvalue weighted by atomic mass is 32.2. The normalized spacial score (nSPS) is 13.2. The van der Waals surface area contributed by atoms with Gasteiger partial charge in [0.05, 0.1) is 0 Å². The maximum absolute atomic E-state index is 10.7. The molecule has 1 aromatic rings. The second kappa shape index (κ2) is 2.78. The van der Waals surface area contributed by atoms with Crippen LogP contribution >= 0.6 is 0 Å². The van der Waals surface area contributed by atoms with Crippen LogP contribution in [-0.2, 0) is 15.5 Å². The zero-order valence-electron chi connectivity index (χ0n) is 7.47. The first-order valence-corrected chi connectivity index (χ1v) is 4.97. The number of aromatic nitrogens is 2. The second-order valence-corrected chi connectivity index (χ2v) is 4.95. The first-order valence-electron chi connectivity index (χ1n) is 3.53. The lowest BCUT2D eigenvalue weighted by molar-refractivity contribution is 0.306. The summed E-state index contributed by atoms with van der Waals surface area (Å²) < 4.78 is 34.6. The van der Waals surface area contributed by atoms with Gasteiger partial charge in [-0.3, -0.25) is 4.55 Å². The van der Waals surface area contributed by atoms with Gasteiger partial charge in [-0.1, -0.05) is 20.8 Å². The predicted octanol–water partition coefficient (Wildman–Crippen LogP) is 0.614. The molecule has 13 heavy (non-hydrogen) atoms. The van der Waals surface area contributed by atoms with Gasteiger partial charge in [-0.25, -0.2) is 0 Å². The third-order valence-electron chi connectivity index (χ3n) is 1.40. The Bertz CT molecular complexity index is 401. The third kappa shape index (κ3) is 2.04. The molecular weight excluding hydrogens is 196 g/mol. The maximum Gasteiger partial charge on any atom is 0.333 e. The molecule has 6 nitrogen and oxygen atoms in total. The minimum absolute atomic E-state index is 0.120. The number of hydrogen-bond donors (Lipinski definition) is 1. The van der Waals surface area contributed by atoms with Crippen molar-refractivity contribution in [2.24, 2.45) is 0 Å². The molecule has 7 heteroatoms. The van der Waals surface area contributed by atoms with Crippen molar-refractivity contribution in [2.45, 2.75) is 31.3 Å². The smallest absolute Gasteiger partial charge is 0.322 e. The molecule has 0 aliphatic carbocycles. The Morgan fingerprint density at radius 3 is 2.23 bits per heavy atom. The molecular formula is C6H10N2O4S. The molecule has 0 saturated heterocycles. The standard InChI is InChI=1S/C6H10N2O4S/c1-6(2,3)4-5(12-8-7-4)13(9,10)11/h1-3H3,(H,9,10,11). The van der Waals surface area contributed by atoms with E-state index in [0.29, 0.717) is 0 Å². The topological polar surface area (TPSA) is 93.3 Å². The number of hydrogen-bond acceptors (Lipinski definition) is 5. The van der Waals surface area contributed by atoms with Crippen LogP contribution in [0.5, 0.6) is 0 Å². The predicted molar refractivity (Wildman–Crippen MR) is 42.8 cm³/mol. The summed E-state index contributed by atoms with van der Waals surface area (Å²) in [6, 6.07) is 0. The van der Waals surface area contributed by atoms with Crippen LogP contribution in [0.15, 0.2) is 9.62 Å². The van der Waals surface area contributed by atoms with Crippen molar-refractivity contribution in [2.75, 3.05) is 0 Å². The summed E-state index contributed by atoms with van der Waals surface area (Å²) >= 11 is 0. The van der Waals surface area contributed by atoms with Gasteiger partial charge in [0.15, 0.2) is 0 Å². The lowest BCUT2D eigenvalue weighted by atomic mass is 9.93. The van der Waals surface area contributed by atoms with Gasteiger partial charge in [0.1, 0.15) is 5.69 Å². The highest BCUT2D eigenvalue weighted by Gasteiger charge is 2.31. The first-order chi connectivity index (χ1) is 5.73. The Labute approximate surface area is 75.7 Å². The van der Waals surface area contributed by atoms with Crippen molar-refractivity contribution in [3.63, 3.8) is 0 Å². The summed E-state index contributed by atoms with van der Waals surface area (Å²) in [6.07, 6.45) is 0. The molecule has 0 aliphatic heterocycles. The van der Waals surface area contributed by atoms with Crippen LogP contribution in [0.25, 0.3) is 0 Å². The minimum Gasteiger partial charge on any atom is -0.322 e. The monoisotopic (exact) mass is 206 g/mol.